The van der Waals surface area contributed by atoms with Gasteiger partial charge >= 0.3 is 0 Å². The molecule has 0 saturated heterocycles. The van der Waals surface area contributed by atoms with Crippen molar-refractivity contribution in [2.45, 2.75) is 25.7 Å². The van der Waals surface area contributed by atoms with Gasteiger partial charge in [0.25, 0.3) is 6.43 Å². The van der Waals surface area contributed by atoms with Gasteiger partial charge in [0, 0.05) is 48.7 Å². The fraction of sp³-hybridized carbons (Fsp3) is 0.333. The first-order chi connectivity index (χ1) is 14.6. The quantitative estimate of drug-likeness (QED) is 0.585. The van der Waals surface area contributed by atoms with Gasteiger partial charge in [-0.3, -0.25) is 4.98 Å². The van der Waals surface area contributed by atoms with E-state index in [9.17, 15) is 8.78 Å². The van der Waals surface area contributed by atoms with Gasteiger partial charge in [-0.25, -0.2) is 13.8 Å². The molecule has 0 unspecified atom stereocenters. The van der Waals surface area contributed by atoms with Crippen molar-refractivity contribution in [1.82, 2.24) is 14.9 Å². The van der Waals surface area contributed by atoms with Gasteiger partial charge in [-0.1, -0.05) is 12.1 Å². The minimum atomic E-state index is -2.52. The highest BCUT2D eigenvalue weighted by Gasteiger charge is 2.27. The zero-order valence-corrected chi connectivity index (χ0v) is 17.0. The molecule has 4 nitrogen and oxygen atoms in total. The third-order valence-corrected chi connectivity index (χ3v) is 6.12. The topological polar surface area (TPSA) is 32.3 Å². The van der Waals surface area contributed by atoms with Gasteiger partial charge in [-0.05, 0) is 67.3 Å². The summed E-state index contributed by atoms with van der Waals surface area (Å²) in [7, 11) is 2.05. The maximum Gasteiger partial charge on any atom is 0.264 e. The molecule has 6 heteroatoms. The highest BCUT2D eigenvalue weighted by Crippen LogP contribution is 2.41. The van der Waals surface area contributed by atoms with Crippen molar-refractivity contribution in [2.75, 3.05) is 31.6 Å². The predicted octanol–water partition coefficient (Wildman–Crippen LogP) is 5.37. The molecule has 0 atom stereocenters. The maximum absolute atomic E-state index is 14.1. The van der Waals surface area contributed by atoms with Crippen LogP contribution in [0.25, 0.3) is 16.5 Å². The molecule has 0 amide bonds. The lowest BCUT2D eigenvalue weighted by Crippen LogP contribution is -2.27. The van der Waals surface area contributed by atoms with Crippen LogP contribution in [0.4, 0.5) is 20.3 Å². The summed E-state index contributed by atoms with van der Waals surface area (Å²) in [6.45, 7) is 2.43. The second kappa shape index (κ2) is 7.76. The average Bonchev–Trinajstić information content (AvgIpc) is 2.78. The molecule has 0 bridgehead atoms. The SMILES string of the molecule is CN1CC=C(c2cc3c(cc2C(F)F)N(c2nccc4cccnc24)CCC3)CC1. The Morgan fingerprint density at radius 3 is 2.73 bits per heavy atom. The minimum absolute atomic E-state index is 0.115. The van der Waals surface area contributed by atoms with Gasteiger partial charge in [0.15, 0.2) is 5.82 Å². The van der Waals surface area contributed by atoms with Crippen LogP contribution < -0.4 is 4.90 Å². The molecule has 0 radical (unpaired) electrons. The number of alkyl halides is 2. The molecule has 4 heterocycles. The molecule has 0 fully saturated rings. The number of halogens is 2. The highest BCUT2D eigenvalue weighted by molar-refractivity contribution is 5.91. The van der Waals surface area contributed by atoms with Gasteiger partial charge in [0.1, 0.15) is 5.52 Å². The van der Waals surface area contributed by atoms with Crippen molar-refractivity contribution in [3.63, 3.8) is 0 Å². The number of benzene rings is 1. The Balaban J connectivity index is 1.64. The lowest BCUT2D eigenvalue weighted by molar-refractivity contribution is 0.151. The third kappa shape index (κ3) is 3.35. The van der Waals surface area contributed by atoms with Crippen molar-refractivity contribution in [1.29, 1.82) is 0 Å². The zero-order valence-electron chi connectivity index (χ0n) is 17.0. The Morgan fingerprint density at radius 2 is 1.93 bits per heavy atom. The number of hydrogen-bond acceptors (Lipinski definition) is 4. The number of anilines is 2. The fourth-order valence-electron chi connectivity index (χ4n) is 4.53. The Hall–Kier alpha value is -2.86. The standard InChI is InChI=1S/C24H24F2N4/c1-29-12-7-16(8-13-29)19-14-18-5-3-11-30(21(18)15-20(19)23(25)26)24-22-17(6-10-28-24)4-2-9-27-22/h2,4,6-7,9-10,14-15,23H,3,5,8,11-13H2,1H3. The van der Waals surface area contributed by atoms with Crippen molar-refractivity contribution in [2.24, 2.45) is 0 Å². The number of aromatic nitrogens is 2. The largest absolute Gasteiger partial charge is 0.324 e. The first-order valence-electron chi connectivity index (χ1n) is 10.4. The molecular weight excluding hydrogens is 382 g/mol. The van der Waals surface area contributed by atoms with Crippen LogP contribution >= 0.6 is 0 Å². The van der Waals surface area contributed by atoms with Crippen molar-refractivity contribution in [3.05, 3.63) is 65.5 Å². The first kappa shape index (κ1) is 19.1. The number of likely N-dealkylation sites (N-methyl/N-ethyl adjacent to an activating group) is 1. The molecule has 2 aromatic heterocycles. The van der Waals surface area contributed by atoms with Crippen LogP contribution in [-0.4, -0.2) is 41.5 Å². The van der Waals surface area contributed by atoms with Gasteiger partial charge in [0.05, 0.1) is 0 Å². The summed E-state index contributed by atoms with van der Waals surface area (Å²) in [5, 5.41) is 0.997. The smallest absolute Gasteiger partial charge is 0.264 e. The number of fused-ring (bicyclic) bond motifs is 2. The molecule has 2 aliphatic rings. The lowest BCUT2D eigenvalue weighted by Gasteiger charge is -2.33. The van der Waals surface area contributed by atoms with Gasteiger partial charge in [0.2, 0.25) is 0 Å². The number of nitrogens with zero attached hydrogens (tertiary/aromatic N) is 4. The molecule has 0 saturated carbocycles. The Morgan fingerprint density at radius 1 is 1.03 bits per heavy atom. The summed E-state index contributed by atoms with van der Waals surface area (Å²) in [5.74, 6) is 0.737. The highest BCUT2D eigenvalue weighted by atomic mass is 19.3. The molecule has 0 N–H and O–H groups in total. The van der Waals surface area contributed by atoms with E-state index < -0.39 is 6.43 Å². The van der Waals surface area contributed by atoms with Crippen LogP contribution in [0, 0.1) is 0 Å². The Labute approximate surface area is 174 Å². The normalized spacial score (nSPS) is 17.3. The van der Waals surface area contributed by atoms with Crippen LogP contribution in [0.15, 0.2) is 48.8 Å². The van der Waals surface area contributed by atoms with Crippen molar-refractivity contribution in [3.8, 4) is 0 Å². The van der Waals surface area contributed by atoms with E-state index in [1.807, 2.05) is 24.3 Å². The molecule has 2 aliphatic heterocycles. The Bertz CT molecular complexity index is 1120. The number of rotatable bonds is 3. The Kier molecular flexibility index (Phi) is 4.95. The van der Waals surface area contributed by atoms with Gasteiger partial charge in [-0.2, -0.15) is 0 Å². The van der Waals surface area contributed by atoms with E-state index in [-0.39, 0.29) is 5.56 Å². The predicted molar refractivity (Wildman–Crippen MR) is 116 cm³/mol. The van der Waals surface area contributed by atoms with E-state index in [1.54, 1.807) is 18.5 Å². The summed E-state index contributed by atoms with van der Waals surface area (Å²) in [5.41, 5.74) is 4.60. The van der Waals surface area contributed by atoms with Gasteiger partial charge < -0.3 is 9.80 Å². The van der Waals surface area contributed by atoms with E-state index in [4.69, 9.17) is 0 Å². The molecule has 0 spiro atoms. The molecule has 5 rings (SSSR count). The fourth-order valence-corrected chi connectivity index (χ4v) is 4.53. The van der Waals surface area contributed by atoms with E-state index in [0.29, 0.717) is 5.56 Å². The van der Waals surface area contributed by atoms with E-state index in [2.05, 4.69) is 32.9 Å². The number of pyridine rings is 2. The summed E-state index contributed by atoms with van der Waals surface area (Å²) >= 11 is 0. The molecule has 30 heavy (non-hydrogen) atoms. The molecular formula is C24H24F2N4. The van der Waals surface area contributed by atoms with E-state index in [1.165, 1.54) is 0 Å². The molecule has 1 aromatic carbocycles. The first-order valence-corrected chi connectivity index (χ1v) is 10.4. The monoisotopic (exact) mass is 406 g/mol. The molecule has 154 valence electrons. The average molecular weight is 406 g/mol. The summed E-state index contributed by atoms with van der Waals surface area (Å²) < 4.78 is 28.3. The van der Waals surface area contributed by atoms with Crippen LogP contribution in [-0.2, 0) is 6.42 Å². The van der Waals surface area contributed by atoms with Crippen LogP contribution in [0.1, 0.15) is 36.0 Å². The molecule has 3 aromatic rings. The van der Waals surface area contributed by atoms with E-state index in [0.717, 1.165) is 72.4 Å². The third-order valence-electron chi connectivity index (χ3n) is 6.12. The maximum atomic E-state index is 14.1. The van der Waals surface area contributed by atoms with Crippen LogP contribution in [0.3, 0.4) is 0 Å². The molecule has 0 aliphatic carbocycles. The van der Waals surface area contributed by atoms with Crippen LogP contribution in [0.2, 0.25) is 0 Å². The second-order valence-corrected chi connectivity index (χ2v) is 8.08. The number of aryl methyl sites for hydroxylation is 1. The summed E-state index contributed by atoms with van der Waals surface area (Å²) in [4.78, 5) is 13.4. The summed E-state index contributed by atoms with van der Waals surface area (Å²) in [6.07, 6.45) is 5.72. The zero-order chi connectivity index (χ0) is 20.7. The van der Waals surface area contributed by atoms with Gasteiger partial charge in [-0.15, -0.1) is 0 Å². The lowest BCUT2D eigenvalue weighted by atomic mass is 9.89. The summed E-state index contributed by atoms with van der Waals surface area (Å²) in [6, 6.07) is 9.51. The van der Waals surface area contributed by atoms with Crippen molar-refractivity contribution >= 4 is 28.0 Å². The minimum Gasteiger partial charge on any atom is -0.324 e. The van der Waals surface area contributed by atoms with Crippen LogP contribution in [0.5, 0.6) is 0 Å². The number of hydrogen-bond donors (Lipinski definition) is 0. The van der Waals surface area contributed by atoms with E-state index >= 15 is 0 Å². The van der Waals surface area contributed by atoms with Crippen molar-refractivity contribution < 1.29 is 8.78 Å². The second-order valence-electron chi connectivity index (χ2n) is 8.08.